The molecule has 5 heteroatoms. The molecule has 0 fully saturated rings. The zero-order valence-electron chi connectivity index (χ0n) is 9.15. The summed E-state index contributed by atoms with van der Waals surface area (Å²) in [7, 11) is 0. The van der Waals surface area contributed by atoms with Crippen LogP contribution in [0.15, 0.2) is 41.0 Å². The molecule has 0 aliphatic heterocycles. The van der Waals surface area contributed by atoms with Crippen LogP contribution in [0.5, 0.6) is 0 Å². The minimum Gasteiger partial charge on any atom is -0.461 e. The molecule has 18 heavy (non-hydrogen) atoms. The molecule has 0 amide bonds. The van der Waals surface area contributed by atoms with Gasteiger partial charge in [-0.15, -0.1) is 0 Å². The normalized spacial score (nSPS) is 10.3. The molecule has 0 aliphatic carbocycles. The number of ketones is 2. The first-order valence-electron chi connectivity index (χ1n) is 5.13. The Hall–Kier alpha value is -1.58. The molecule has 2 aromatic rings. The van der Waals surface area contributed by atoms with Crippen molar-refractivity contribution in [3.8, 4) is 0 Å². The number of hydrogen-bond acceptors (Lipinski definition) is 3. The van der Waals surface area contributed by atoms with E-state index < -0.39 is 0 Å². The molecule has 0 spiro atoms. The summed E-state index contributed by atoms with van der Waals surface area (Å²) >= 11 is 11.7. The van der Waals surface area contributed by atoms with Crippen molar-refractivity contribution in [3.05, 3.63) is 58.0 Å². The van der Waals surface area contributed by atoms with Gasteiger partial charge in [0.25, 0.3) is 0 Å². The summed E-state index contributed by atoms with van der Waals surface area (Å²) in [5.41, 5.74) is 0.240. The van der Waals surface area contributed by atoms with Crippen molar-refractivity contribution in [1.82, 2.24) is 0 Å². The second kappa shape index (κ2) is 5.38. The number of halogens is 2. The van der Waals surface area contributed by atoms with E-state index in [1.165, 1.54) is 18.4 Å². The zero-order valence-corrected chi connectivity index (χ0v) is 10.7. The molecule has 0 saturated heterocycles. The molecular formula is C13H8Cl2O3. The first-order valence-corrected chi connectivity index (χ1v) is 5.89. The number of rotatable bonds is 4. The maximum absolute atomic E-state index is 11.9. The van der Waals surface area contributed by atoms with E-state index in [1.54, 1.807) is 18.2 Å². The Morgan fingerprint density at radius 2 is 1.83 bits per heavy atom. The molecule has 0 atom stereocenters. The van der Waals surface area contributed by atoms with Crippen molar-refractivity contribution in [2.24, 2.45) is 0 Å². The SMILES string of the molecule is O=C(CC(=O)c1cccc(Cl)c1Cl)c1ccco1. The molecule has 0 N–H and O–H groups in total. The van der Waals surface area contributed by atoms with Crippen LogP contribution in [-0.2, 0) is 0 Å². The number of Topliss-reactive ketones (excluding diaryl/α,β-unsaturated/α-hetero) is 2. The average molecular weight is 283 g/mol. The summed E-state index contributed by atoms with van der Waals surface area (Å²) in [6, 6.07) is 7.82. The van der Waals surface area contributed by atoms with E-state index in [2.05, 4.69) is 0 Å². The molecule has 1 heterocycles. The molecular weight excluding hydrogens is 275 g/mol. The fraction of sp³-hybridized carbons (Fsp3) is 0.0769. The lowest BCUT2D eigenvalue weighted by Crippen LogP contribution is -2.08. The van der Waals surface area contributed by atoms with E-state index in [0.717, 1.165) is 0 Å². The van der Waals surface area contributed by atoms with Crippen LogP contribution >= 0.6 is 23.2 Å². The third kappa shape index (κ3) is 2.63. The van der Waals surface area contributed by atoms with Crippen LogP contribution in [0.1, 0.15) is 27.3 Å². The zero-order chi connectivity index (χ0) is 13.1. The lowest BCUT2D eigenvalue weighted by atomic mass is 10.1. The van der Waals surface area contributed by atoms with E-state index in [-0.39, 0.29) is 39.4 Å². The van der Waals surface area contributed by atoms with Crippen LogP contribution in [-0.4, -0.2) is 11.6 Å². The Labute approximate surface area is 113 Å². The van der Waals surface area contributed by atoms with Crippen molar-refractivity contribution in [2.45, 2.75) is 6.42 Å². The van der Waals surface area contributed by atoms with Gasteiger partial charge in [0.2, 0.25) is 5.78 Å². The van der Waals surface area contributed by atoms with Gasteiger partial charge < -0.3 is 4.42 Å². The lowest BCUT2D eigenvalue weighted by molar-refractivity contribution is 0.0878. The van der Waals surface area contributed by atoms with E-state index >= 15 is 0 Å². The van der Waals surface area contributed by atoms with E-state index in [4.69, 9.17) is 27.6 Å². The Morgan fingerprint density at radius 3 is 2.50 bits per heavy atom. The third-order valence-corrected chi connectivity index (χ3v) is 3.19. The van der Waals surface area contributed by atoms with Gasteiger partial charge in [0, 0.05) is 5.56 Å². The topological polar surface area (TPSA) is 47.3 Å². The Kier molecular flexibility index (Phi) is 3.84. The average Bonchev–Trinajstić information content (AvgIpc) is 2.86. The van der Waals surface area contributed by atoms with Crippen LogP contribution in [0.3, 0.4) is 0 Å². The highest BCUT2D eigenvalue weighted by atomic mass is 35.5. The Balaban J connectivity index is 2.18. The lowest BCUT2D eigenvalue weighted by Gasteiger charge is -2.03. The second-order valence-electron chi connectivity index (χ2n) is 3.60. The van der Waals surface area contributed by atoms with Gasteiger partial charge in [0.1, 0.15) is 0 Å². The maximum Gasteiger partial charge on any atom is 0.205 e. The minimum atomic E-state index is -0.388. The monoisotopic (exact) mass is 282 g/mol. The van der Waals surface area contributed by atoms with Gasteiger partial charge in [-0.05, 0) is 24.3 Å². The van der Waals surface area contributed by atoms with E-state index in [9.17, 15) is 9.59 Å². The van der Waals surface area contributed by atoms with Crippen LogP contribution in [0, 0.1) is 0 Å². The van der Waals surface area contributed by atoms with Gasteiger partial charge in [-0.3, -0.25) is 9.59 Å². The molecule has 1 aromatic carbocycles. The predicted octanol–water partition coefficient (Wildman–Crippen LogP) is 4.04. The van der Waals surface area contributed by atoms with Crippen molar-refractivity contribution < 1.29 is 14.0 Å². The third-order valence-electron chi connectivity index (χ3n) is 2.37. The first kappa shape index (κ1) is 12.9. The maximum atomic E-state index is 11.9. The quantitative estimate of drug-likeness (QED) is 0.628. The first-order chi connectivity index (χ1) is 8.59. The van der Waals surface area contributed by atoms with Crippen molar-refractivity contribution >= 4 is 34.8 Å². The summed E-state index contributed by atoms with van der Waals surface area (Å²) < 4.78 is 4.93. The summed E-state index contributed by atoms with van der Waals surface area (Å²) in [5.74, 6) is -0.619. The molecule has 92 valence electrons. The van der Waals surface area contributed by atoms with Crippen LogP contribution in [0.4, 0.5) is 0 Å². The highest BCUT2D eigenvalue weighted by molar-refractivity contribution is 6.44. The largest absolute Gasteiger partial charge is 0.461 e. The smallest absolute Gasteiger partial charge is 0.205 e. The molecule has 0 saturated carbocycles. The van der Waals surface area contributed by atoms with Crippen molar-refractivity contribution in [2.75, 3.05) is 0 Å². The summed E-state index contributed by atoms with van der Waals surface area (Å²) in [6.07, 6.45) is 1.08. The molecule has 0 bridgehead atoms. The van der Waals surface area contributed by atoms with Gasteiger partial charge in [-0.1, -0.05) is 29.3 Å². The van der Waals surface area contributed by atoms with Crippen LogP contribution in [0.2, 0.25) is 10.0 Å². The Bertz CT molecular complexity index is 588. The molecule has 0 radical (unpaired) electrons. The minimum absolute atomic E-state index is 0.154. The summed E-state index contributed by atoms with van der Waals surface area (Å²) in [6.45, 7) is 0. The number of hydrogen-bond donors (Lipinski definition) is 0. The molecule has 0 aliphatic rings. The van der Waals surface area contributed by atoms with Crippen molar-refractivity contribution in [1.29, 1.82) is 0 Å². The van der Waals surface area contributed by atoms with Gasteiger partial charge in [-0.25, -0.2) is 0 Å². The van der Waals surface area contributed by atoms with Gasteiger partial charge >= 0.3 is 0 Å². The molecule has 0 unspecified atom stereocenters. The second-order valence-corrected chi connectivity index (χ2v) is 4.39. The number of carbonyl (C=O) groups excluding carboxylic acids is 2. The summed E-state index contributed by atoms with van der Waals surface area (Å²) in [5, 5.41) is 0.448. The fourth-order valence-electron chi connectivity index (χ4n) is 1.48. The predicted molar refractivity (Wildman–Crippen MR) is 68.4 cm³/mol. The van der Waals surface area contributed by atoms with Gasteiger partial charge in [0.15, 0.2) is 11.5 Å². The highest BCUT2D eigenvalue weighted by Gasteiger charge is 2.18. The van der Waals surface area contributed by atoms with E-state index in [0.29, 0.717) is 0 Å². The van der Waals surface area contributed by atoms with Crippen LogP contribution in [0.25, 0.3) is 0 Å². The standard InChI is InChI=1S/C13H8Cl2O3/c14-9-4-1-3-8(13(9)15)10(16)7-11(17)12-5-2-6-18-12/h1-6H,7H2. The molecule has 1 aromatic heterocycles. The van der Waals surface area contributed by atoms with Gasteiger partial charge in [-0.2, -0.15) is 0 Å². The molecule has 3 nitrogen and oxygen atoms in total. The summed E-state index contributed by atoms with van der Waals surface area (Å²) in [4.78, 5) is 23.6. The van der Waals surface area contributed by atoms with Gasteiger partial charge in [0.05, 0.1) is 22.7 Å². The number of carbonyl (C=O) groups is 2. The van der Waals surface area contributed by atoms with E-state index in [1.807, 2.05) is 0 Å². The number of benzene rings is 1. The number of furan rings is 1. The van der Waals surface area contributed by atoms with Crippen LogP contribution < -0.4 is 0 Å². The molecule has 2 rings (SSSR count). The highest BCUT2D eigenvalue weighted by Crippen LogP contribution is 2.26. The fourth-order valence-corrected chi connectivity index (χ4v) is 1.89. The van der Waals surface area contributed by atoms with Crippen molar-refractivity contribution in [3.63, 3.8) is 0 Å². The Morgan fingerprint density at radius 1 is 1.06 bits per heavy atom.